The van der Waals surface area contributed by atoms with Crippen molar-refractivity contribution in [1.82, 2.24) is 15.1 Å². The Hall–Kier alpha value is -1.72. The Morgan fingerprint density at radius 1 is 1.38 bits per heavy atom. The van der Waals surface area contributed by atoms with Crippen LogP contribution in [0, 0.1) is 6.92 Å². The van der Waals surface area contributed by atoms with E-state index in [2.05, 4.69) is 15.4 Å². The van der Waals surface area contributed by atoms with Crippen LogP contribution in [0.15, 0.2) is 4.99 Å². The molecule has 6 nitrogen and oxygen atoms in total. The van der Waals surface area contributed by atoms with Crippen LogP contribution in [0.4, 0.5) is 0 Å². The topological polar surface area (TPSA) is 77.5 Å². The molecule has 6 heteroatoms. The van der Waals surface area contributed by atoms with Gasteiger partial charge >= 0.3 is 0 Å². The predicted molar refractivity (Wildman–Crippen MR) is 84.4 cm³/mol. The van der Waals surface area contributed by atoms with E-state index in [9.17, 15) is 0 Å². The van der Waals surface area contributed by atoms with Gasteiger partial charge in [-0.15, -0.1) is 0 Å². The second kappa shape index (κ2) is 7.33. The first-order valence-corrected chi connectivity index (χ1v) is 7.74. The van der Waals surface area contributed by atoms with Gasteiger partial charge in [0, 0.05) is 13.1 Å². The predicted octanol–water partition coefficient (Wildman–Crippen LogP) is 1.86. The summed E-state index contributed by atoms with van der Waals surface area (Å²) < 4.78 is 7.10. The maximum atomic E-state index is 6.02. The zero-order valence-corrected chi connectivity index (χ0v) is 13.4. The summed E-state index contributed by atoms with van der Waals surface area (Å²) in [6.07, 6.45) is 7.60. The number of hydrogen-bond donors (Lipinski definition) is 2. The minimum Gasteiger partial charge on any atom is -0.481 e. The lowest BCUT2D eigenvalue weighted by molar-refractivity contribution is 0.369. The van der Waals surface area contributed by atoms with E-state index in [1.165, 1.54) is 38.5 Å². The van der Waals surface area contributed by atoms with Gasteiger partial charge in [-0.25, -0.2) is 9.67 Å². The van der Waals surface area contributed by atoms with Crippen molar-refractivity contribution in [2.45, 2.75) is 58.0 Å². The first-order valence-electron chi connectivity index (χ1n) is 7.74. The molecule has 0 unspecified atom stereocenters. The van der Waals surface area contributed by atoms with Crippen molar-refractivity contribution in [3.63, 3.8) is 0 Å². The molecule has 1 heterocycles. The second-order valence-corrected chi connectivity index (χ2v) is 5.73. The summed E-state index contributed by atoms with van der Waals surface area (Å²) in [6.45, 7) is 2.46. The average Bonchev–Trinajstić information content (AvgIpc) is 2.62. The van der Waals surface area contributed by atoms with Crippen molar-refractivity contribution < 1.29 is 4.74 Å². The van der Waals surface area contributed by atoms with Gasteiger partial charge in [0.05, 0.1) is 24.9 Å². The Labute approximate surface area is 126 Å². The molecule has 1 aliphatic carbocycles. The smallest absolute Gasteiger partial charge is 0.216 e. The molecule has 118 valence electrons. The third-order valence-electron chi connectivity index (χ3n) is 4.10. The van der Waals surface area contributed by atoms with E-state index in [1.54, 1.807) is 11.8 Å². The largest absolute Gasteiger partial charge is 0.481 e. The number of methoxy groups -OCH3 is 1. The molecule has 1 aromatic rings. The summed E-state index contributed by atoms with van der Waals surface area (Å²) in [5, 5.41) is 7.70. The number of nitrogens with zero attached hydrogens (tertiary/aromatic N) is 3. The molecule has 0 atom stereocenters. The number of aromatic nitrogens is 2. The monoisotopic (exact) mass is 293 g/mol. The van der Waals surface area contributed by atoms with E-state index >= 15 is 0 Å². The molecule has 0 aliphatic heterocycles. The standard InChI is InChI=1S/C15H27N5O/c1-11-13(14(21-3)20(2)19-11)10-17-15(16)18-12-8-6-4-5-7-9-12/h12H,4-10H2,1-3H3,(H3,16,17,18). The molecule has 0 spiro atoms. The van der Waals surface area contributed by atoms with Gasteiger partial charge in [-0.2, -0.15) is 5.10 Å². The Morgan fingerprint density at radius 2 is 2.05 bits per heavy atom. The number of rotatable bonds is 4. The zero-order valence-electron chi connectivity index (χ0n) is 13.4. The van der Waals surface area contributed by atoms with Gasteiger partial charge in [0.25, 0.3) is 0 Å². The molecule has 1 aliphatic rings. The van der Waals surface area contributed by atoms with Gasteiger partial charge in [0.15, 0.2) is 5.96 Å². The molecule has 1 saturated carbocycles. The van der Waals surface area contributed by atoms with Gasteiger partial charge in [0.1, 0.15) is 0 Å². The lowest BCUT2D eigenvalue weighted by atomic mass is 10.1. The minimum atomic E-state index is 0.466. The highest BCUT2D eigenvalue weighted by Gasteiger charge is 2.15. The van der Waals surface area contributed by atoms with Crippen LogP contribution in [0.5, 0.6) is 5.88 Å². The van der Waals surface area contributed by atoms with Crippen LogP contribution < -0.4 is 15.8 Å². The fourth-order valence-electron chi connectivity index (χ4n) is 2.96. The number of nitrogens with one attached hydrogen (secondary N) is 1. The quantitative estimate of drug-likeness (QED) is 0.505. The van der Waals surface area contributed by atoms with Crippen molar-refractivity contribution >= 4 is 5.96 Å². The second-order valence-electron chi connectivity index (χ2n) is 5.73. The molecule has 1 fully saturated rings. The van der Waals surface area contributed by atoms with Gasteiger partial charge < -0.3 is 15.8 Å². The minimum absolute atomic E-state index is 0.466. The molecule has 3 N–H and O–H groups in total. The van der Waals surface area contributed by atoms with Crippen molar-refractivity contribution in [1.29, 1.82) is 0 Å². The van der Waals surface area contributed by atoms with E-state index in [4.69, 9.17) is 10.5 Å². The third kappa shape index (κ3) is 4.12. The van der Waals surface area contributed by atoms with Crippen LogP contribution in [0.25, 0.3) is 0 Å². The van der Waals surface area contributed by atoms with E-state index in [0.717, 1.165) is 17.1 Å². The van der Waals surface area contributed by atoms with Crippen LogP contribution in [0.1, 0.15) is 49.8 Å². The van der Waals surface area contributed by atoms with Gasteiger partial charge in [-0.1, -0.05) is 25.7 Å². The van der Waals surface area contributed by atoms with Gasteiger partial charge in [-0.05, 0) is 19.8 Å². The van der Waals surface area contributed by atoms with Crippen molar-refractivity contribution in [2.24, 2.45) is 17.8 Å². The summed E-state index contributed by atoms with van der Waals surface area (Å²) in [6, 6.07) is 0.466. The number of aryl methyl sites for hydroxylation is 2. The van der Waals surface area contributed by atoms with Gasteiger partial charge in [0.2, 0.25) is 5.88 Å². The molecular formula is C15H27N5O. The normalized spacial score (nSPS) is 17.6. The van der Waals surface area contributed by atoms with Crippen molar-refractivity contribution in [2.75, 3.05) is 7.11 Å². The molecule has 0 radical (unpaired) electrons. The Morgan fingerprint density at radius 3 is 2.67 bits per heavy atom. The number of guanidine groups is 1. The highest BCUT2D eigenvalue weighted by Crippen LogP contribution is 2.21. The lowest BCUT2D eigenvalue weighted by Gasteiger charge is -2.16. The van der Waals surface area contributed by atoms with E-state index in [-0.39, 0.29) is 0 Å². The van der Waals surface area contributed by atoms with Crippen molar-refractivity contribution in [3.05, 3.63) is 11.3 Å². The molecule has 0 bridgehead atoms. The number of aliphatic imine (C=N–C) groups is 1. The van der Waals surface area contributed by atoms with Crippen LogP contribution in [-0.2, 0) is 13.6 Å². The Balaban J connectivity index is 1.96. The number of hydrogen-bond acceptors (Lipinski definition) is 3. The van der Waals surface area contributed by atoms with Gasteiger partial charge in [-0.3, -0.25) is 0 Å². The van der Waals surface area contributed by atoms with Crippen LogP contribution in [-0.4, -0.2) is 28.9 Å². The average molecular weight is 293 g/mol. The summed E-state index contributed by atoms with van der Waals surface area (Å²) in [4.78, 5) is 4.45. The molecule has 0 amide bonds. The van der Waals surface area contributed by atoms with E-state index in [0.29, 0.717) is 18.5 Å². The molecule has 2 rings (SSSR count). The van der Waals surface area contributed by atoms with Crippen LogP contribution >= 0.6 is 0 Å². The number of nitrogens with two attached hydrogens (primary N) is 1. The fourth-order valence-corrected chi connectivity index (χ4v) is 2.96. The van der Waals surface area contributed by atoms with Crippen LogP contribution in [0.2, 0.25) is 0 Å². The molecular weight excluding hydrogens is 266 g/mol. The molecule has 1 aromatic heterocycles. The van der Waals surface area contributed by atoms with Crippen molar-refractivity contribution in [3.8, 4) is 5.88 Å². The van der Waals surface area contributed by atoms with Crippen LogP contribution in [0.3, 0.4) is 0 Å². The maximum absolute atomic E-state index is 6.02. The first kappa shape index (κ1) is 15.7. The number of ether oxygens (including phenoxy) is 1. The summed E-state index contributed by atoms with van der Waals surface area (Å²) in [5.41, 5.74) is 7.94. The van der Waals surface area contributed by atoms with E-state index < -0.39 is 0 Å². The lowest BCUT2D eigenvalue weighted by Crippen LogP contribution is -2.39. The zero-order chi connectivity index (χ0) is 15.2. The summed E-state index contributed by atoms with van der Waals surface area (Å²) >= 11 is 0. The summed E-state index contributed by atoms with van der Waals surface area (Å²) in [7, 11) is 3.52. The fraction of sp³-hybridized carbons (Fsp3) is 0.733. The third-order valence-corrected chi connectivity index (χ3v) is 4.10. The molecule has 0 aromatic carbocycles. The first-order chi connectivity index (χ1) is 10.1. The highest BCUT2D eigenvalue weighted by atomic mass is 16.5. The Bertz CT molecular complexity index is 486. The van der Waals surface area contributed by atoms with E-state index in [1.807, 2.05) is 14.0 Å². The SMILES string of the molecule is COc1c(CN=C(N)NC2CCCCCC2)c(C)nn1C. The highest BCUT2D eigenvalue weighted by molar-refractivity contribution is 5.78. The molecule has 21 heavy (non-hydrogen) atoms. The summed E-state index contributed by atoms with van der Waals surface area (Å²) in [5.74, 6) is 1.27. The Kier molecular flexibility index (Phi) is 5.47. The maximum Gasteiger partial charge on any atom is 0.216 e. The molecule has 0 saturated heterocycles.